The molecule has 22 heavy (non-hydrogen) atoms. The number of nitrogens with one attached hydrogen (secondary N) is 2. The number of carboxylic acid groups (broad SMARTS) is 1. The molecule has 1 fully saturated rings. The lowest BCUT2D eigenvalue weighted by molar-refractivity contribution is -0.141. The number of carbonyl (C=O) groups is 1. The average molecular weight is 301 g/mol. The second-order valence-electron chi connectivity index (χ2n) is 5.86. The van der Waals surface area contributed by atoms with Gasteiger partial charge in [0.05, 0.1) is 5.92 Å². The van der Waals surface area contributed by atoms with Crippen LogP contribution in [0.2, 0.25) is 0 Å². The third-order valence-electron chi connectivity index (χ3n) is 3.98. The molecule has 0 aromatic carbocycles. The summed E-state index contributed by atoms with van der Waals surface area (Å²) in [7, 11) is 0. The van der Waals surface area contributed by atoms with Gasteiger partial charge in [0.15, 0.2) is 5.82 Å². The number of hydrogen-bond donors (Lipinski definition) is 3. The Labute approximate surface area is 128 Å². The van der Waals surface area contributed by atoms with Crippen molar-refractivity contribution in [2.75, 3.05) is 5.32 Å². The number of anilines is 2. The van der Waals surface area contributed by atoms with Gasteiger partial charge in [-0.15, -0.1) is 0 Å². The van der Waals surface area contributed by atoms with Gasteiger partial charge in [-0.2, -0.15) is 5.10 Å². The molecule has 2 heterocycles. The van der Waals surface area contributed by atoms with Crippen LogP contribution in [0.15, 0.2) is 12.1 Å². The molecule has 0 radical (unpaired) electrons. The minimum absolute atomic E-state index is 0.113. The fraction of sp³-hybridized carbons (Fsp3) is 0.467. The predicted octanol–water partition coefficient (Wildman–Crippen LogP) is 2.53. The van der Waals surface area contributed by atoms with Gasteiger partial charge in [-0.25, -0.2) is 9.97 Å². The van der Waals surface area contributed by atoms with Gasteiger partial charge in [-0.3, -0.25) is 9.89 Å². The Morgan fingerprint density at radius 2 is 2.09 bits per heavy atom. The largest absolute Gasteiger partial charge is 0.481 e. The Morgan fingerprint density at radius 3 is 2.73 bits per heavy atom. The lowest BCUT2D eigenvalue weighted by Crippen LogP contribution is -2.10. The molecule has 7 nitrogen and oxygen atoms in total. The first kappa shape index (κ1) is 14.5. The Bertz CT molecular complexity index is 697. The number of H-pyrrole nitrogens is 1. The van der Waals surface area contributed by atoms with E-state index >= 15 is 0 Å². The molecule has 2 aromatic heterocycles. The maximum absolute atomic E-state index is 11.1. The molecule has 3 N–H and O–H groups in total. The fourth-order valence-corrected chi connectivity index (χ4v) is 2.89. The molecule has 0 amide bonds. The molecule has 2 atom stereocenters. The first-order valence-corrected chi connectivity index (χ1v) is 7.38. The third kappa shape index (κ3) is 3.08. The summed E-state index contributed by atoms with van der Waals surface area (Å²) in [6.07, 6.45) is 2.12. The van der Waals surface area contributed by atoms with Crippen LogP contribution in [-0.2, 0) is 4.79 Å². The monoisotopic (exact) mass is 301 g/mol. The fourth-order valence-electron chi connectivity index (χ4n) is 2.89. The van der Waals surface area contributed by atoms with E-state index in [-0.39, 0.29) is 11.8 Å². The standard InChI is InChI=1S/C15H19N5O2/c1-8-5-12(17-13-6-9(2)19-20-13)18-14(16-8)10-3-4-11(7-10)15(21)22/h5-6,10-11H,3-4,7H2,1-2H3,(H,21,22)(H2,16,17,18,19,20). The smallest absolute Gasteiger partial charge is 0.306 e. The maximum Gasteiger partial charge on any atom is 0.306 e. The zero-order chi connectivity index (χ0) is 15.7. The van der Waals surface area contributed by atoms with Crippen LogP contribution in [0.5, 0.6) is 0 Å². The van der Waals surface area contributed by atoms with Crippen molar-refractivity contribution < 1.29 is 9.90 Å². The van der Waals surface area contributed by atoms with Crippen molar-refractivity contribution in [1.82, 2.24) is 20.2 Å². The first-order valence-electron chi connectivity index (χ1n) is 7.38. The highest BCUT2D eigenvalue weighted by molar-refractivity contribution is 5.70. The summed E-state index contributed by atoms with van der Waals surface area (Å²) in [6, 6.07) is 3.75. The van der Waals surface area contributed by atoms with Crippen LogP contribution in [0.4, 0.5) is 11.6 Å². The minimum atomic E-state index is -0.722. The number of carboxylic acids is 1. The third-order valence-corrected chi connectivity index (χ3v) is 3.98. The summed E-state index contributed by atoms with van der Waals surface area (Å²) in [5, 5.41) is 19.3. The topological polar surface area (TPSA) is 104 Å². The molecule has 7 heteroatoms. The van der Waals surface area contributed by atoms with Gasteiger partial charge in [0.2, 0.25) is 0 Å². The minimum Gasteiger partial charge on any atom is -0.481 e. The number of nitrogens with zero attached hydrogens (tertiary/aromatic N) is 3. The van der Waals surface area contributed by atoms with E-state index in [4.69, 9.17) is 5.11 Å². The Hall–Kier alpha value is -2.44. The molecule has 0 saturated heterocycles. The van der Waals surface area contributed by atoms with Crippen LogP contribution in [0, 0.1) is 19.8 Å². The average Bonchev–Trinajstić information content (AvgIpc) is 3.07. The van der Waals surface area contributed by atoms with Crippen LogP contribution in [0.3, 0.4) is 0 Å². The normalized spacial score (nSPS) is 21.0. The van der Waals surface area contributed by atoms with E-state index in [1.807, 2.05) is 26.0 Å². The quantitative estimate of drug-likeness (QED) is 0.801. The number of aliphatic carboxylic acids is 1. The van der Waals surface area contributed by atoms with E-state index in [9.17, 15) is 4.79 Å². The van der Waals surface area contributed by atoms with Crippen LogP contribution in [-0.4, -0.2) is 31.2 Å². The maximum atomic E-state index is 11.1. The van der Waals surface area contributed by atoms with Crippen molar-refractivity contribution >= 4 is 17.6 Å². The highest BCUT2D eigenvalue weighted by Crippen LogP contribution is 2.37. The molecular weight excluding hydrogens is 282 g/mol. The van der Waals surface area contributed by atoms with Crippen molar-refractivity contribution in [3.63, 3.8) is 0 Å². The van der Waals surface area contributed by atoms with E-state index in [2.05, 4.69) is 25.5 Å². The van der Waals surface area contributed by atoms with Crippen LogP contribution < -0.4 is 5.32 Å². The number of aryl methyl sites for hydroxylation is 2. The molecule has 3 rings (SSSR count). The molecule has 1 aliphatic rings. The van der Waals surface area contributed by atoms with Crippen molar-refractivity contribution in [3.05, 3.63) is 29.3 Å². The molecule has 2 unspecified atom stereocenters. The molecule has 0 spiro atoms. The van der Waals surface area contributed by atoms with Gasteiger partial charge in [-0.1, -0.05) is 0 Å². The zero-order valence-electron chi connectivity index (χ0n) is 12.6. The summed E-state index contributed by atoms with van der Waals surface area (Å²) < 4.78 is 0. The van der Waals surface area contributed by atoms with E-state index in [1.54, 1.807) is 0 Å². The lowest BCUT2D eigenvalue weighted by atomic mass is 10.0. The number of aromatic amines is 1. The number of hydrogen-bond acceptors (Lipinski definition) is 5. The Morgan fingerprint density at radius 1 is 1.27 bits per heavy atom. The first-order chi connectivity index (χ1) is 10.5. The summed E-state index contributed by atoms with van der Waals surface area (Å²) >= 11 is 0. The van der Waals surface area contributed by atoms with Gasteiger partial charge in [0.1, 0.15) is 11.6 Å². The second kappa shape index (κ2) is 5.75. The molecule has 1 aliphatic carbocycles. The zero-order valence-corrected chi connectivity index (χ0v) is 12.6. The predicted molar refractivity (Wildman–Crippen MR) is 81.1 cm³/mol. The van der Waals surface area contributed by atoms with Gasteiger partial charge in [0.25, 0.3) is 0 Å². The second-order valence-corrected chi connectivity index (χ2v) is 5.86. The van der Waals surface area contributed by atoms with Gasteiger partial charge >= 0.3 is 5.97 Å². The SMILES string of the molecule is Cc1cc(Nc2cc(C)[nH]n2)nc(C2CCC(C(=O)O)C2)n1. The highest BCUT2D eigenvalue weighted by atomic mass is 16.4. The van der Waals surface area contributed by atoms with Crippen LogP contribution in [0.25, 0.3) is 0 Å². The summed E-state index contributed by atoms with van der Waals surface area (Å²) in [5.41, 5.74) is 1.83. The van der Waals surface area contributed by atoms with Crippen molar-refractivity contribution in [3.8, 4) is 0 Å². The van der Waals surface area contributed by atoms with E-state index in [1.165, 1.54) is 0 Å². The summed E-state index contributed by atoms with van der Waals surface area (Å²) in [4.78, 5) is 20.1. The van der Waals surface area contributed by atoms with Gasteiger partial charge in [-0.05, 0) is 33.1 Å². The van der Waals surface area contributed by atoms with Crippen molar-refractivity contribution in [2.24, 2.45) is 5.92 Å². The molecule has 0 aliphatic heterocycles. The molecule has 2 aromatic rings. The van der Waals surface area contributed by atoms with Gasteiger partial charge in [0, 0.05) is 29.4 Å². The highest BCUT2D eigenvalue weighted by Gasteiger charge is 2.32. The van der Waals surface area contributed by atoms with Crippen LogP contribution >= 0.6 is 0 Å². The molecule has 116 valence electrons. The van der Waals surface area contributed by atoms with E-state index in [0.717, 1.165) is 23.6 Å². The van der Waals surface area contributed by atoms with Crippen LogP contribution in [0.1, 0.15) is 42.4 Å². The van der Waals surface area contributed by atoms with E-state index in [0.29, 0.717) is 24.5 Å². The Kier molecular flexibility index (Phi) is 3.79. The van der Waals surface area contributed by atoms with Gasteiger partial charge < -0.3 is 10.4 Å². The Balaban J connectivity index is 1.79. The summed E-state index contributed by atoms with van der Waals surface area (Å²) in [6.45, 7) is 3.84. The van der Waals surface area contributed by atoms with E-state index < -0.39 is 5.97 Å². The summed E-state index contributed by atoms with van der Waals surface area (Å²) in [5.74, 6) is 1.23. The number of aromatic nitrogens is 4. The lowest BCUT2D eigenvalue weighted by Gasteiger charge is -2.11. The molecule has 0 bridgehead atoms. The molecular formula is C15H19N5O2. The molecule has 1 saturated carbocycles. The van der Waals surface area contributed by atoms with Crippen molar-refractivity contribution in [1.29, 1.82) is 0 Å². The van der Waals surface area contributed by atoms with Crippen molar-refractivity contribution in [2.45, 2.75) is 39.0 Å². The number of rotatable bonds is 4.